The van der Waals surface area contributed by atoms with Crippen molar-refractivity contribution in [2.75, 3.05) is 36.3 Å². The number of para-hydroxylation sites is 2. The molecule has 10 nitrogen and oxygen atoms in total. The lowest BCUT2D eigenvalue weighted by molar-refractivity contribution is -0.111. The van der Waals surface area contributed by atoms with Gasteiger partial charge in [0.15, 0.2) is 0 Å². The number of anilines is 3. The molecule has 0 spiro atoms. The molecule has 4 rings (SSSR count). The van der Waals surface area contributed by atoms with Gasteiger partial charge < -0.3 is 20.1 Å². The van der Waals surface area contributed by atoms with E-state index in [0.717, 1.165) is 17.0 Å². The van der Waals surface area contributed by atoms with Gasteiger partial charge in [-0.2, -0.15) is 0 Å². The number of nitrogens with zero attached hydrogens (tertiary/aromatic N) is 4. The molecule has 2 aromatic carbocycles. The van der Waals surface area contributed by atoms with E-state index in [9.17, 15) is 9.59 Å². The second kappa shape index (κ2) is 12.8. The Balaban J connectivity index is 1.63. The summed E-state index contributed by atoms with van der Waals surface area (Å²) in [5.41, 5.74) is 5.87. The van der Waals surface area contributed by atoms with Crippen molar-refractivity contribution < 1.29 is 19.1 Å². The molecule has 0 atom stereocenters. The molecule has 3 aromatic rings. The Bertz CT molecular complexity index is 1460. The summed E-state index contributed by atoms with van der Waals surface area (Å²) in [7, 11) is 3.12. The van der Waals surface area contributed by atoms with Crippen LogP contribution >= 0.6 is 11.3 Å². The van der Waals surface area contributed by atoms with Crippen molar-refractivity contribution in [3.05, 3.63) is 95.4 Å². The number of urea groups is 1. The highest BCUT2D eigenvalue weighted by molar-refractivity contribution is 7.07. The smallest absolute Gasteiger partial charge is 0.329 e. The number of hydrogen-bond acceptors (Lipinski definition) is 8. The number of rotatable bonds is 11. The molecular formula is C29H30N6O4S. The number of benzene rings is 2. The van der Waals surface area contributed by atoms with Gasteiger partial charge in [0, 0.05) is 41.1 Å². The summed E-state index contributed by atoms with van der Waals surface area (Å²) in [6.45, 7) is 9.95. The van der Waals surface area contributed by atoms with E-state index >= 15 is 0 Å². The molecule has 3 amide bonds. The van der Waals surface area contributed by atoms with Crippen LogP contribution in [0.4, 0.5) is 21.9 Å². The number of thiazole rings is 1. The molecule has 2 heterocycles. The maximum absolute atomic E-state index is 13.7. The normalized spacial score (nSPS) is 13.4. The number of carbonyl (C=O) groups is 2. The van der Waals surface area contributed by atoms with Crippen LogP contribution in [0.2, 0.25) is 0 Å². The minimum Gasteiger partial charge on any atom is -0.497 e. The van der Waals surface area contributed by atoms with E-state index < -0.39 is 0 Å². The molecule has 1 aromatic heterocycles. The molecule has 0 fully saturated rings. The lowest BCUT2D eigenvalue weighted by Crippen LogP contribution is -2.48. The third-order valence-corrected chi connectivity index (χ3v) is 6.77. The highest BCUT2D eigenvalue weighted by atomic mass is 32.1. The Labute approximate surface area is 237 Å². The summed E-state index contributed by atoms with van der Waals surface area (Å²) in [5, 5.41) is 7.79. The fraction of sp³-hybridized carbons (Fsp3) is 0.172. The molecule has 0 unspecified atom stereocenters. The number of hydrogen-bond donors (Lipinski definition) is 2. The first-order valence-electron chi connectivity index (χ1n) is 12.2. The van der Waals surface area contributed by atoms with Gasteiger partial charge in [-0.05, 0) is 25.1 Å². The Morgan fingerprint density at radius 2 is 1.82 bits per heavy atom. The summed E-state index contributed by atoms with van der Waals surface area (Å²) >= 11 is 1.47. The third-order valence-electron chi connectivity index (χ3n) is 6.14. The van der Waals surface area contributed by atoms with Crippen LogP contribution in [-0.2, 0) is 11.3 Å². The van der Waals surface area contributed by atoms with Gasteiger partial charge >= 0.3 is 6.03 Å². The van der Waals surface area contributed by atoms with E-state index in [4.69, 9.17) is 9.47 Å². The van der Waals surface area contributed by atoms with Crippen molar-refractivity contribution in [3.8, 4) is 11.5 Å². The summed E-state index contributed by atoms with van der Waals surface area (Å²) in [4.78, 5) is 37.8. The first-order chi connectivity index (χ1) is 19.3. The van der Waals surface area contributed by atoms with Gasteiger partial charge in [0.25, 0.3) is 0 Å². The summed E-state index contributed by atoms with van der Waals surface area (Å²) in [5.74, 6) is 1.15. The number of allylic oxidation sites excluding steroid dienone is 1. The minimum atomic E-state index is -0.328. The summed E-state index contributed by atoms with van der Waals surface area (Å²) in [6.07, 6.45) is 2.88. The maximum Gasteiger partial charge on any atom is 0.329 e. The standard InChI is InChI=1S/C29H30N6O4S/c1-6-28(36)33-27-10-8-7-9-26(27)32-20(3)30-14-21-15-35(23-11-24(38-4)13-25(12-23)39-5)29(37)34(19(21)2)16-22-17-40-18-31-22/h6-14,17-18,32H,1,3,15-16H2,2,4-5H3,(H,33,36). The maximum atomic E-state index is 13.7. The minimum absolute atomic E-state index is 0.207. The Kier molecular flexibility index (Phi) is 8.97. The van der Waals surface area contributed by atoms with Crippen LogP contribution in [0.15, 0.2) is 94.7 Å². The van der Waals surface area contributed by atoms with Crippen molar-refractivity contribution in [2.24, 2.45) is 4.99 Å². The SMILES string of the molecule is C=CC(=O)Nc1ccccc1NC(=C)N=CC1=C(C)N(Cc2cscn2)C(=O)N(c2cc(OC)cc(OC)c2)C1. The van der Waals surface area contributed by atoms with E-state index in [1.807, 2.05) is 24.4 Å². The number of methoxy groups -OCH3 is 2. The first kappa shape index (κ1) is 28.1. The van der Waals surface area contributed by atoms with Gasteiger partial charge in [-0.3, -0.25) is 14.6 Å². The molecule has 40 heavy (non-hydrogen) atoms. The molecule has 0 saturated carbocycles. The quantitative estimate of drug-likeness (QED) is 0.232. The molecule has 0 bridgehead atoms. The second-order valence-corrected chi connectivity index (χ2v) is 9.40. The van der Waals surface area contributed by atoms with Crippen LogP contribution in [0.1, 0.15) is 12.6 Å². The van der Waals surface area contributed by atoms with Crippen LogP contribution in [0.25, 0.3) is 0 Å². The predicted molar refractivity (Wildman–Crippen MR) is 159 cm³/mol. The number of nitrogens with one attached hydrogen (secondary N) is 2. The van der Waals surface area contributed by atoms with Crippen LogP contribution in [-0.4, -0.2) is 48.8 Å². The molecule has 0 saturated heterocycles. The van der Waals surface area contributed by atoms with Crippen LogP contribution in [0.3, 0.4) is 0 Å². The van der Waals surface area contributed by atoms with Gasteiger partial charge in [-0.1, -0.05) is 25.3 Å². The first-order valence-corrected chi connectivity index (χ1v) is 13.2. The number of ether oxygens (including phenoxy) is 2. The highest BCUT2D eigenvalue weighted by Gasteiger charge is 2.32. The van der Waals surface area contributed by atoms with Crippen molar-refractivity contribution in [1.29, 1.82) is 0 Å². The van der Waals surface area contributed by atoms with E-state index in [-0.39, 0.29) is 18.5 Å². The number of amides is 3. The Hall–Kier alpha value is -4.90. The lowest BCUT2D eigenvalue weighted by atomic mass is 10.1. The largest absolute Gasteiger partial charge is 0.497 e. The topological polar surface area (TPSA) is 108 Å². The fourth-order valence-electron chi connectivity index (χ4n) is 3.99. The van der Waals surface area contributed by atoms with Crippen molar-refractivity contribution in [2.45, 2.75) is 13.5 Å². The molecule has 2 N–H and O–H groups in total. The zero-order valence-electron chi connectivity index (χ0n) is 22.5. The molecule has 0 aliphatic carbocycles. The highest BCUT2D eigenvalue weighted by Crippen LogP contribution is 2.33. The molecule has 206 valence electrons. The monoisotopic (exact) mass is 558 g/mol. The van der Waals surface area contributed by atoms with Gasteiger partial charge in [0.2, 0.25) is 5.91 Å². The molecule has 0 radical (unpaired) electrons. The number of aliphatic imine (C=N–C) groups is 1. The van der Waals surface area contributed by atoms with Crippen LogP contribution in [0, 0.1) is 0 Å². The molecule has 11 heteroatoms. The van der Waals surface area contributed by atoms with E-state index in [0.29, 0.717) is 40.9 Å². The van der Waals surface area contributed by atoms with Gasteiger partial charge in [0.05, 0.1) is 55.6 Å². The van der Waals surface area contributed by atoms with Crippen LogP contribution < -0.4 is 25.0 Å². The number of aromatic nitrogens is 1. The molecular weight excluding hydrogens is 528 g/mol. The predicted octanol–water partition coefficient (Wildman–Crippen LogP) is 5.66. The van der Waals surface area contributed by atoms with Gasteiger partial charge in [-0.15, -0.1) is 11.3 Å². The second-order valence-electron chi connectivity index (χ2n) is 8.69. The van der Waals surface area contributed by atoms with Crippen molar-refractivity contribution in [1.82, 2.24) is 9.88 Å². The van der Waals surface area contributed by atoms with E-state index in [1.165, 1.54) is 17.4 Å². The van der Waals surface area contributed by atoms with Crippen molar-refractivity contribution in [3.63, 3.8) is 0 Å². The van der Waals surface area contributed by atoms with Gasteiger partial charge in [-0.25, -0.2) is 14.8 Å². The average Bonchev–Trinajstić information content (AvgIpc) is 3.48. The van der Waals surface area contributed by atoms with E-state index in [2.05, 4.69) is 33.8 Å². The van der Waals surface area contributed by atoms with Crippen LogP contribution in [0.5, 0.6) is 11.5 Å². The average molecular weight is 559 g/mol. The zero-order valence-corrected chi connectivity index (χ0v) is 23.3. The lowest BCUT2D eigenvalue weighted by Gasteiger charge is -2.37. The zero-order chi connectivity index (χ0) is 28.6. The van der Waals surface area contributed by atoms with Gasteiger partial charge in [0.1, 0.15) is 17.3 Å². The van der Waals surface area contributed by atoms with Crippen molar-refractivity contribution >= 4 is 46.6 Å². The molecule has 1 aliphatic heterocycles. The summed E-state index contributed by atoms with van der Waals surface area (Å²) in [6, 6.07) is 12.3. The Morgan fingerprint density at radius 3 is 2.42 bits per heavy atom. The molecule has 1 aliphatic rings. The Morgan fingerprint density at radius 1 is 1.15 bits per heavy atom. The van der Waals surface area contributed by atoms with E-state index in [1.54, 1.807) is 66.1 Å². The number of carbonyl (C=O) groups excluding carboxylic acids is 2. The fourth-order valence-corrected chi connectivity index (χ4v) is 4.54. The third kappa shape index (κ3) is 6.56. The summed E-state index contributed by atoms with van der Waals surface area (Å²) < 4.78 is 10.9.